The van der Waals surface area contributed by atoms with Crippen LogP contribution in [-0.2, 0) is 0 Å². The van der Waals surface area contributed by atoms with Crippen LogP contribution in [0, 0.1) is 0 Å². The molecule has 1 heterocycles. The summed E-state index contributed by atoms with van der Waals surface area (Å²) in [6, 6.07) is 0. The first-order chi connectivity index (χ1) is 6.59. The van der Waals surface area contributed by atoms with E-state index in [-0.39, 0.29) is 0 Å². The van der Waals surface area contributed by atoms with E-state index in [9.17, 15) is 0 Å². The van der Waals surface area contributed by atoms with Gasteiger partial charge in [-0.3, -0.25) is 4.98 Å². The number of nitrogens with zero attached hydrogens (tertiary/aromatic N) is 4. The molecule has 0 aliphatic carbocycles. The van der Waals surface area contributed by atoms with Crippen LogP contribution in [0.4, 0.5) is 11.6 Å². The Morgan fingerprint density at radius 2 is 1.93 bits per heavy atom. The third kappa shape index (κ3) is 3.18. The molecule has 0 saturated heterocycles. The molecule has 0 saturated carbocycles. The van der Waals surface area contributed by atoms with E-state index in [1.54, 1.807) is 12.4 Å². The molecular weight excluding hydrogens is 178 g/mol. The predicted octanol–water partition coefficient (Wildman–Crippen LogP) is 0.0566. The average Bonchev–Trinajstić information content (AvgIpc) is 2.14. The van der Waals surface area contributed by atoms with Crippen LogP contribution < -0.4 is 10.6 Å². The van der Waals surface area contributed by atoms with Crippen LogP contribution in [0.1, 0.15) is 0 Å². The number of hydrogen-bond acceptors (Lipinski definition) is 5. The van der Waals surface area contributed by atoms with Gasteiger partial charge >= 0.3 is 0 Å². The number of anilines is 2. The fourth-order valence-corrected chi connectivity index (χ4v) is 1.02. The Hall–Kier alpha value is -1.36. The number of nitrogens with two attached hydrogens (primary N) is 1. The second kappa shape index (κ2) is 4.76. The average molecular weight is 195 g/mol. The van der Waals surface area contributed by atoms with Gasteiger partial charge in [0.15, 0.2) is 0 Å². The maximum Gasteiger partial charge on any atom is 0.149 e. The Labute approximate surface area is 84.6 Å². The van der Waals surface area contributed by atoms with Gasteiger partial charge in [-0.15, -0.1) is 0 Å². The summed E-state index contributed by atoms with van der Waals surface area (Å²) < 4.78 is 0. The third-order valence-electron chi connectivity index (χ3n) is 1.91. The maximum atomic E-state index is 5.54. The van der Waals surface area contributed by atoms with Crippen LogP contribution in [0.5, 0.6) is 0 Å². The minimum absolute atomic E-state index is 0.458. The van der Waals surface area contributed by atoms with Crippen molar-refractivity contribution in [3.05, 3.63) is 12.4 Å². The summed E-state index contributed by atoms with van der Waals surface area (Å²) in [5.74, 6) is 1.27. The van der Waals surface area contributed by atoms with Crippen molar-refractivity contribution in [3.63, 3.8) is 0 Å². The van der Waals surface area contributed by atoms with Crippen LogP contribution in [0.25, 0.3) is 0 Å². The van der Waals surface area contributed by atoms with Crippen molar-refractivity contribution in [2.75, 3.05) is 44.9 Å². The van der Waals surface area contributed by atoms with Crippen LogP contribution >= 0.6 is 0 Å². The van der Waals surface area contributed by atoms with Crippen LogP contribution in [0.15, 0.2) is 12.4 Å². The smallest absolute Gasteiger partial charge is 0.149 e. The quantitative estimate of drug-likeness (QED) is 0.736. The van der Waals surface area contributed by atoms with E-state index in [1.807, 2.05) is 26.0 Å². The summed E-state index contributed by atoms with van der Waals surface area (Å²) in [4.78, 5) is 12.3. The topological polar surface area (TPSA) is 58.3 Å². The Morgan fingerprint density at radius 1 is 1.21 bits per heavy atom. The van der Waals surface area contributed by atoms with Gasteiger partial charge in [-0.05, 0) is 14.1 Å². The minimum atomic E-state index is 0.458. The van der Waals surface area contributed by atoms with E-state index in [1.165, 1.54) is 0 Å². The predicted molar refractivity (Wildman–Crippen MR) is 58.3 cm³/mol. The molecule has 1 aromatic rings. The molecule has 0 bridgehead atoms. The van der Waals surface area contributed by atoms with E-state index in [4.69, 9.17) is 5.73 Å². The maximum absolute atomic E-state index is 5.54. The van der Waals surface area contributed by atoms with Gasteiger partial charge in [0, 0.05) is 20.1 Å². The Bertz CT molecular complexity index is 286. The van der Waals surface area contributed by atoms with Gasteiger partial charge in [0.1, 0.15) is 11.6 Å². The molecule has 0 aromatic carbocycles. The second-order valence-corrected chi connectivity index (χ2v) is 3.53. The van der Waals surface area contributed by atoms with Crippen LogP contribution in [0.3, 0.4) is 0 Å². The van der Waals surface area contributed by atoms with Gasteiger partial charge in [0.2, 0.25) is 0 Å². The molecule has 78 valence electrons. The van der Waals surface area contributed by atoms with Crippen molar-refractivity contribution in [2.24, 2.45) is 0 Å². The molecular formula is C9H17N5. The number of nitrogen functional groups attached to an aromatic ring is 1. The third-order valence-corrected chi connectivity index (χ3v) is 1.91. The molecule has 2 N–H and O–H groups in total. The number of aromatic nitrogens is 2. The van der Waals surface area contributed by atoms with Gasteiger partial charge in [0.25, 0.3) is 0 Å². The first-order valence-corrected chi connectivity index (χ1v) is 4.53. The second-order valence-electron chi connectivity index (χ2n) is 3.53. The SMILES string of the molecule is CN(C)CCN(C)c1cncc(N)n1. The molecule has 0 aliphatic rings. The van der Waals surface area contributed by atoms with Crippen molar-refractivity contribution < 1.29 is 0 Å². The minimum Gasteiger partial charge on any atom is -0.382 e. The Balaban J connectivity index is 2.56. The lowest BCUT2D eigenvalue weighted by Crippen LogP contribution is -2.29. The summed E-state index contributed by atoms with van der Waals surface area (Å²) >= 11 is 0. The summed E-state index contributed by atoms with van der Waals surface area (Å²) in [5, 5.41) is 0. The molecule has 0 unspecified atom stereocenters. The molecule has 0 radical (unpaired) electrons. The zero-order chi connectivity index (χ0) is 10.6. The van der Waals surface area contributed by atoms with Crippen molar-refractivity contribution in [1.29, 1.82) is 0 Å². The number of hydrogen-bond donors (Lipinski definition) is 1. The zero-order valence-corrected chi connectivity index (χ0v) is 8.94. The lowest BCUT2D eigenvalue weighted by atomic mass is 10.5. The number of likely N-dealkylation sites (N-methyl/N-ethyl adjacent to an activating group) is 2. The largest absolute Gasteiger partial charge is 0.382 e. The van der Waals surface area contributed by atoms with Crippen LogP contribution in [0.2, 0.25) is 0 Å². The van der Waals surface area contributed by atoms with Crippen molar-refractivity contribution in [3.8, 4) is 0 Å². The molecule has 0 amide bonds. The monoisotopic (exact) mass is 195 g/mol. The van der Waals surface area contributed by atoms with Gasteiger partial charge in [0.05, 0.1) is 12.4 Å². The molecule has 0 atom stereocenters. The lowest BCUT2D eigenvalue weighted by Gasteiger charge is -2.20. The zero-order valence-electron chi connectivity index (χ0n) is 8.94. The summed E-state index contributed by atoms with van der Waals surface area (Å²) in [7, 11) is 6.06. The van der Waals surface area contributed by atoms with Crippen molar-refractivity contribution >= 4 is 11.6 Å². The molecule has 0 aliphatic heterocycles. The summed E-state index contributed by atoms with van der Waals surface area (Å²) in [6.07, 6.45) is 3.26. The van der Waals surface area contributed by atoms with E-state index in [2.05, 4.69) is 14.9 Å². The van der Waals surface area contributed by atoms with Crippen molar-refractivity contribution in [1.82, 2.24) is 14.9 Å². The van der Waals surface area contributed by atoms with Crippen molar-refractivity contribution in [2.45, 2.75) is 0 Å². The highest BCUT2D eigenvalue weighted by molar-refractivity contribution is 5.40. The van der Waals surface area contributed by atoms with E-state index in [0.717, 1.165) is 18.9 Å². The molecule has 1 aromatic heterocycles. The number of rotatable bonds is 4. The van der Waals surface area contributed by atoms with Gasteiger partial charge in [-0.25, -0.2) is 4.98 Å². The normalized spacial score (nSPS) is 10.6. The first-order valence-electron chi connectivity index (χ1n) is 4.53. The van der Waals surface area contributed by atoms with Gasteiger partial charge in [-0.1, -0.05) is 0 Å². The summed E-state index contributed by atoms with van der Waals surface area (Å²) in [5.41, 5.74) is 5.54. The fraction of sp³-hybridized carbons (Fsp3) is 0.556. The summed E-state index contributed by atoms with van der Waals surface area (Å²) in [6.45, 7) is 1.89. The highest BCUT2D eigenvalue weighted by atomic mass is 15.2. The van der Waals surface area contributed by atoms with E-state index >= 15 is 0 Å². The Morgan fingerprint density at radius 3 is 2.50 bits per heavy atom. The van der Waals surface area contributed by atoms with Gasteiger partial charge < -0.3 is 15.5 Å². The molecule has 0 fully saturated rings. The molecule has 1 rings (SSSR count). The molecule has 5 nitrogen and oxygen atoms in total. The molecule has 14 heavy (non-hydrogen) atoms. The standard InChI is InChI=1S/C9H17N5/c1-13(2)4-5-14(3)9-7-11-6-8(10)12-9/h6-7H,4-5H2,1-3H3,(H2,10,12). The van der Waals surface area contributed by atoms with Crippen LogP contribution in [-0.4, -0.2) is 49.1 Å². The van der Waals surface area contributed by atoms with E-state index < -0.39 is 0 Å². The molecule has 5 heteroatoms. The fourth-order valence-electron chi connectivity index (χ4n) is 1.02. The van der Waals surface area contributed by atoms with E-state index in [0.29, 0.717) is 5.82 Å². The highest BCUT2D eigenvalue weighted by Crippen LogP contribution is 2.07. The Kier molecular flexibility index (Phi) is 3.64. The first kappa shape index (κ1) is 10.7. The lowest BCUT2D eigenvalue weighted by molar-refractivity contribution is 0.416. The van der Waals surface area contributed by atoms with Gasteiger partial charge in [-0.2, -0.15) is 0 Å². The molecule has 0 spiro atoms. The highest BCUT2D eigenvalue weighted by Gasteiger charge is 2.03.